The Morgan fingerprint density at radius 1 is 1.04 bits per heavy atom. The zero-order chi connectivity index (χ0) is 19.4. The first-order valence-electron chi connectivity index (χ1n) is 8.47. The highest BCUT2D eigenvalue weighted by atomic mass is 16.5. The number of nitrogens with zero attached hydrogens (tertiary/aromatic N) is 3. The predicted molar refractivity (Wildman–Crippen MR) is 105 cm³/mol. The van der Waals surface area contributed by atoms with Crippen LogP contribution in [0.15, 0.2) is 42.6 Å². The number of esters is 1. The van der Waals surface area contributed by atoms with Crippen molar-refractivity contribution in [1.82, 2.24) is 15.2 Å². The van der Waals surface area contributed by atoms with Gasteiger partial charge in [0.2, 0.25) is 5.95 Å². The summed E-state index contributed by atoms with van der Waals surface area (Å²) >= 11 is 0. The quantitative estimate of drug-likeness (QED) is 0.660. The van der Waals surface area contributed by atoms with Crippen LogP contribution in [0.3, 0.4) is 0 Å². The van der Waals surface area contributed by atoms with Crippen LogP contribution in [0.25, 0.3) is 0 Å². The molecule has 0 fully saturated rings. The molecule has 2 N–H and O–H groups in total. The summed E-state index contributed by atoms with van der Waals surface area (Å²) < 4.78 is 4.81. The molecule has 0 aliphatic carbocycles. The Bertz CT molecular complexity index is 965. The number of para-hydroxylation sites is 1. The third-order valence-corrected chi connectivity index (χ3v) is 4.07. The molecule has 27 heavy (non-hydrogen) atoms. The third kappa shape index (κ3) is 4.20. The van der Waals surface area contributed by atoms with Gasteiger partial charge >= 0.3 is 5.97 Å². The fraction of sp³-hybridized carbons (Fsp3) is 0.200. The molecule has 0 radical (unpaired) electrons. The maximum atomic E-state index is 11.9. The molecule has 0 atom stereocenters. The second kappa shape index (κ2) is 7.82. The molecule has 0 aliphatic heterocycles. The van der Waals surface area contributed by atoms with E-state index in [2.05, 4.69) is 44.9 Å². The van der Waals surface area contributed by atoms with Crippen molar-refractivity contribution in [3.8, 4) is 0 Å². The van der Waals surface area contributed by atoms with Crippen LogP contribution in [0, 0.1) is 20.8 Å². The molecular weight excluding hydrogens is 342 g/mol. The molecule has 3 rings (SSSR count). The Labute approximate surface area is 157 Å². The van der Waals surface area contributed by atoms with Crippen LogP contribution in [0.5, 0.6) is 0 Å². The second-order valence-corrected chi connectivity index (χ2v) is 6.23. The molecule has 0 bridgehead atoms. The zero-order valence-corrected chi connectivity index (χ0v) is 15.7. The highest BCUT2D eigenvalue weighted by molar-refractivity contribution is 5.96. The minimum absolute atomic E-state index is 0.277. The average molecular weight is 363 g/mol. The maximum absolute atomic E-state index is 11.9. The van der Waals surface area contributed by atoms with Crippen molar-refractivity contribution in [1.29, 1.82) is 0 Å². The number of ether oxygens (including phenoxy) is 1. The molecule has 7 heteroatoms. The van der Waals surface area contributed by atoms with Crippen molar-refractivity contribution in [2.24, 2.45) is 0 Å². The number of nitrogens with one attached hydrogen (secondary N) is 2. The summed E-state index contributed by atoms with van der Waals surface area (Å²) in [5, 5.41) is 14.3. The smallest absolute Gasteiger partial charge is 0.339 e. The molecule has 0 aliphatic rings. The van der Waals surface area contributed by atoms with Gasteiger partial charge in [0.25, 0.3) is 0 Å². The Morgan fingerprint density at radius 3 is 2.44 bits per heavy atom. The van der Waals surface area contributed by atoms with Crippen molar-refractivity contribution < 1.29 is 9.53 Å². The lowest BCUT2D eigenvalue weighted by Gasteiger charge is -2.14. The summed E-state index contributed by atoms with van der Waals surface area (Å²) in [4.78, 5) is 16.4. The van der Waals surface area contributed by atoms with E-state index in [1.807, 2.05) is 19.9 Å². The van der Waals surface area contributed by atoms with Gasteiger partial charge in [-0.15, -0.1) is 5.10 Å². The molecule has 0 spiro atoms. The summed E-state index contributed by atoms with van der Waals surface area (Å²) in [6, 6.07) is 11.2. The summed E-state index contributed by atoms with van der Waals surface area (Å²) in [6.45, 7) is 6.15. The maximum Gasteiger partial charge on any atom is 0.339 e. The van der Waals surface area contributed by atoms with Gasteiger partial charge in [-0.2, -0.15) is 10.1 Å². The van der Waals surface area contributed by atoms with E-state index in [1.165, 1.54) is 12.7 Å². The number of hydrogen-bond acceptors (Lipinski definition) is 7. The predicted octanol–water partition coefficient (Wildman–Crippen LogP) is 4.07. The number of rotatable bonds is 5. The van der Waals surface area contributed by atoms with Gasteiger partial charge in [0.1, 0.15) is 0 Å². The number of carbonyl (C=O) groups is 1. The summed E-state index contributed by atoms with van der Waals surface area (Å²) in [5.74, 6) is 0.392. The lowest BCUT2D eigenvalue weighted by Crippen LogP contribution is -2.08. The Morgan fingerprint density at radius 2 is 1.74 bits per heavy atom. The van der Waals surface area contributed by atoms with E-state index < -0.39 is 5.97 Å². The van der Waals surface area contributed by atoms with E-state index in [1.54, 1.807) is 24.4 Å². The Balaban J connectivity index is 1.87. The highest BCUT2D eigenvalue weighted by Crippen LogP contribution is 2.25. The van der Waals surface area contributed by atoms with Gasteiger partial charge in [0.05, 0.1) is 24.6 Å². The van der Waals surface area contributed by atoms with Crippen LogP contribution in [-0.4, -0.2) is 28.3 Å². The van der Waals surface area contributed by atoms with Crippen LogP contribution in [0.1, 0.15) is 27.0 Å². The summed E-state index contributed by atoms with van der Waals surface area (Å²) in [6.07, 6.45) is 1.55. The highest BCUT2D eigenvalue weighted by Gasteiger charge is 2.13. The van der Waals surface area contributed by atoms with Gasteiger partial charge in [0.15, 0.2) is 5.82 Å². The molecular formula is C20H21N5O2. The van der Waals surface area contributed by atoms with E-state index in [0.717, 1.165) is 16.8 Å². The van der Waals surface area contributed by atoms with Crippen molar-refractivity contribution in [3.63, 3.8) is 0 Å². The fourth-order valence-corrected chi connectivity index (χ4v) is 2.92. The lowest BCUT2D eigenvalue weighted by molar-refractivity contribution is 0.0602. The zero-order valence-electron chi connectivity index (χ0n) is 15.7. The normalized spacial score (nSPS) is 10.4. The van der Waals surface area contributed by atoms with Gasteiger partial charge in [-0.05, 0) is 44.0 Å². The summed E-state index contributed by atoms with van der Waals surface area (Å²) in [5.41, 5.74) is 5.38. The van der Waals surface area contributed by atoms with E-state index in [9.17, 15) is 4.79 Å². The number of aryl methyl sites for hydroxylation is 3. The summed E-state index contributed by atoms with van der Waals surface area (Å²) in [7, 11) is 1.34. The van der Waals surface area contributed by atoms with Crippen LogP contribution in [0.4, 0.5) is 23.1 Å². The van der Waals surface area contributed by atoms with Crippen molar-refractivity contribution in [2.75, 3.05) is 17.7 Å². The Hall–Kier alpha value is -3.48. The molecule has 7 nitrogen and oxygen atoms in total. The molecule has 138 valence electrons. The molecule has 1 aromatic heterocycles. The number of methoxy groups -OCH3 is 1. The third-order valence-electron chi connectivity index (χ3n) is 4.07. The van der Waals surface area contributed by atoms with E-state index in [0.29, 0.717) is 17.1 Å². The first-order chi connectivity index (χ1) is 13.0. The monoisotopic (exact) mass is 363 g/mol. The molecule has 1 heterocycles. The molecule has 0 saturated carbocycles. The van der Waals surface area contributed by atoms with Gasteiger partial charge in [-0.1, -0.05) is 29.8 Å². The lowest BCUT2D eigenvalue weighted by atomic mass is 10.1. The minimum atomic E-state index is -0.439. The first kappa shape index (κ1) is 18.3. The van der Waals surface area contributed by atoms with Crippen LogP contribution in [-0.2, 0) is 4.74 Å². The van der Waals surface area contributed by atoms with E-state index >= 15 is 0 Å². The number of carbonyl (C=O) groups excluding carboxylic acids is 1. The largest absolute Gasteiger partial charge is 0.465 e. The van der Waals surface area contributed by atoms with E-state index in [-0.39, 0.29) is 5.95 Å². The molecule has 2 aromatic carbocycles. The molecule has 0 saturated heterocycles. The van der Waals surface area contributed by atoms with Gasteiger partial charge in [-0.3, -0.25) is 0 Å². The number of hydrogen-bond donors (Lipinski definition) is 2. The molecule has 3 aromatic rings. The van der Waals surface area contributed by atoms with Crippen LogP contribution in [0.2, 0.25) is 0 Å². The molecule has 0 unspecified atom stereocenters. The fourth-order valence-electron chi connectivity index (χ4n) is 2.92. The minimum Gasteiger partial charge on any atom is -0.465 e. The standard InChI is InChI=1S/C20H21N5O2/c1-12-9-13(2)18(14(3)10-12)23-17-11-21-25-20(24-17)22-16-8-6-5-7-15(16)19(26)27-4/h5-11H,1-4H3,(H2,22,23,24,25). The number of aromatic nitrogens is 3. The first-order valence-corrected chi connectivity index (χ1v) is 8.47. The van der Waals surface area contributed by atoms with Crippen LogP contribution < -0.4 is 10.6 Å². The van der Waals surface area contributed by atoms with Crippen LogP contribution >= 0.6 is 0 Å². The average Bonchev–Trinajstić information content (AvgIpc) is 2.65. The van der Waals surface area contributed by atoms with Crippen molar-refractivity contribution >= 4 is 29.1 Å². The second-order valence-electron chi connectivity index (χ2n) is 6.23. The van der Waals surface area contributed by atoms with E-state index in [4.69, 9.17) is 4.74 Å². The molecule has 0 amide bonds. The van der Waals surface area contributed by atoms with Gasteiger partial charge in [-0.25, -0.2) is 4.79 Å². The van der Waals surface area contributed by atoms with Gasteiger partial charge in [0, 0.05) is 5.69 Å². The SMILES string of the molecule is COC(=O)c1ccccc1Nc1nncc(Nc2c(C)cc(C)cc2C)n1. The van der Waals surface area contributed by atoms with Crippen molar-refractivity contribution in [2.45, 2.75) is 20.8 Å². The Kier molecular flexibility index (Phi) is 5.30. The van der Waals surface area contributed by atoms with Gasteiger partial charge < -0.3 is 15.4 Å². The topological polar surface area (TPSA) is 89.0 Å². The van der Waals surface area contributed by atoms with Crippen molar-refractivity contribution in [3.05, 3.63) is 64.8 Å². The number of anilines is 4. The number of benzene rings is 2.